The summed E-state index contributed by atoms with van der Waals surface area (Å²) in [5.41, 5.74) is 5.48. The molecule has 0 radical (unpaired) electrons. The van der Waals surface area contributed by atoms with E-state index in [1.165, 1.54) is 0 Å². The van der Waals surface area contributed by atoms with Gasteiger partial charge < -0.3 is 5.73 Å². The maximum atomic E-state index is 12.4. The van der Waals surface area contributed by atoms with E-state index in [9.17, 15) is 13.2 Å². The lowest BCUT2D eigenvalue weighted by Gasteiger charge is -2.12. The summed E-state index contributed by atoms with van der Waals surface area (Å²) in [6.07, 6.45) is -4.32. The summed E-state index contributed by atoms with van der Waals surface area (Å²) in [6.45, 7) is 3.66. The average Bonchev–Trinajstić information content (AvgIpc) is 2.01. The Bertz CT molecular complexity index is 329. The number of anilines is 1. The molecular formula is C10H12F3N. The zero-order valence-electron chi connectivity index (χ0n) is 8.02. The van der Waals surface area contributed by atoms with Gasteiger partial charge in [-0.3, -0.25) is 0 Å². The molecule has 1 rings (SSSR count). The Hall–Kier alpha value is -1.19. The van der Waals surface area contributed by atoms with E-state index in [4.69, 9.17) is 5.73 Å². The number of hydrogen-bond acceptors (Lipinski definition) is 1. The number of benzene rings is 1. The van der Waals surface area contributed by atoms with Crippen molar-refractivity contribution in [2.45, 2.75) is 25.9 Å². The Morgan fingerprint density at radius 1 is 1.14 bits per heavy atom. The second kappa shape index (κ2) is 3.52. The molecule has 0 saturated carbocycles. The lowest BCUT2D eigenvalue weighted by Crippen LogP contribution is -2.07. The third-order valence-electron chi connectivity index (χ3n) is 1.97. The van der Waals surface area contributed by atoms with E-state index < -0.39 is 11.7 Å². The van der Waals surface area contributed by atoms with Crippen LogP contribution in [0.25, 0.3) is 0 Å². The highest BCUT2D eigenvalue weighted by Gasteiger charge is 2.31. The van der Waals surface area contributed by atoms with Crippen molar-refractivity contribution in [3.8, 4) is 0 Å². The molecule has 1 aromatic carbocycles. The summed E-state index contributed by atoms with van der Waals surface area (Å²) in [7, 11) is 0. The molecule has 0 amide bonds. The highest BCUT2D eigenvalue weighted by molar-refractivity contribution is 5.46. The molecule has 78 valence electrons. The number of nitrogens with two attached hydrogens (primary N) is 1. The normalized spacial score (nSPS) is 12.1. The van der Waals surface area contributed by atoms with Crippen LogP contribution in [-0.2, 0) is 6.18 Å². The van der Waals surface area contributed by atoms with Crippen molar-refractivity contribution in [3.63, 3.8) is 0 Å². The quantitative estimate of drug-likeness (QED) is 0.695. The van der Waals surface area contributed by atoms with Crippen molar-refractivity contribution >= 4 is 5.69 Å². The van der Waals surface area contributed by atoms with Crippen LogP contribution < -0.4 is 5.73 Å². The second-order valence-electron chi connectivity index (χ2n) is 3.54. The molecule has 14 heavy (non-hydrogen) atoms. The van der Waals surface area contributed by atoms with E-state index in [0.717, 1.165) is 12.1 Å². The van der Waals surface area contributed by atoms with Crippen LogP contribution in [0.5, 0.6) is 0 Å². The summed E-state index contributed by atoms with van der Waals surface area (Å²) in [5.74, 6) is 0.0413. The molecule has 0 heterocycles. The van der Waals surface area contributed by atoms with Crippen LogP contribution in [-0.4, -0.2) is 0 Å². The van der Waals surface area contributed by atoms with Gasteiger partial charge in [-0.05, 0) is 29.7 Å². The predicted molar refractivity (Wildman–Crippen MR) is 49.9 cm³/mol. The molecule has 1 aromatic rings. The fraction of sp³-hybridized carbons (Fsp3) is 0.400. The number of rotatable bonds is 1. The number of hydrogen-bond donors (Lipinski definition) is 1. The molecule has 0 saturated heterocycles. The average molecular weight is 203 g/mol. The van der Waals surface area contributed by atoms with Crippen LogP contribution in [0.1, 0.15) is 30.9 Å². The van der Waals surface area contributed by atoms with Crippen LogP contribution in [0, 0.1) is 0 Å². The predicted octanol–water partition coefficient (Wildman–Crippen LogP) is 3.41. The van der Waals surface area contributed by atoms with Gasteiger partial charge in [0.15, 0.2) is 0 Å². The van der Waals surface area contributed by atoms with E-state index in [0.29, 0.717) is 5.56 Å². The van der Waals surface area contributed by atoms with Crippen molar-refractivity contribution in [1.82, 2.24) is 0 Å². The Kier molecular flexibility index (Phi) is 2.73. The standard InChI is InChI=1S/C10H12F3N/c1-6(2)7-3-8(10(11,12)13)5-9(14)4-7/h3-6H,14H2,1-2H3. The molecule has 0 atom stereocenters. The minimum Gasteiger partial charge on any atom is -0.399 e. The smallest absolute Gasteiger partial charge is 0.399 e. The molecule has 0 bridgehead atoms. The molecule has 4 heteroatoms. The molecule has 0 fully saturated rings. The first kappa shape index (κ1) is 10.9. The van der Waals surface area contributed by atoms with Crippen molar-refractivity contribution in [2.24, 2.45) is 0 Å². The molecule has 0 spiro atoms. The van der Waals surface area contributed by atoms with E-state index >= 15 is 0 Å². The van der Waals surface area contributed by atoms with Gasteiger partial charge in [-0.15, -0.1) is 0 Å². The van der Waals surface area contributed by atoms with Crippen molar-refractivity contribution in [3.05, 3.63) is 29.3 Å². The monoisotopic (exact) mass is 203 g/mol. The lowest BCUT2D eigenvalue weighted by atomic mass is 10.00. The van der Waals surface area contributed by atoms with Gasteiger partial charge in [0.25, 0.3) is 0 Å². The molecule has 0 unspecified atom stereocenters. The van der Waals surface area contributed by atoms with Gasteiger partial charge in [0.2, 0.25) is 0 Å². The largest absolute Gasteiger partial charge is 0.416 e. The molecular weight excluding hydrogens is 191 g/mol. The van der Waals surface area contributed by atoms with Crippen LogP contribution in [0.3, 0.4) is 0 Å². The van der Waals surface area contributed by atoms with Gasteiger partial charge >= 0.3 is 6.18 Å². The van der Waals surface area contributed by atoms with Crippen molar-refractivity contribution in [1.29, 1.82) is 0 Å². The van der Waals surface area contributed by atoms with Crippen molar-refractivity contribution in [2.75, 3.05) is 5.73 Å². The minimum absolute atomic E-state index is 0.0413. The summed E-state index contributed by atoms with van der Waals surface area (Å²) in [6, 6.07) is 3.66. The van der Waals surface area contributed by atoms with Gasteiger partial charge in [0.1, 0.15) is 0 Å². The molecule has 0 aliphatic carbocycles. The van der Waals surface area contributed by atoms with Crippen LogP contribution in [0.2, 0.25) is 0 Å². The fourth-order valence-electron chi connectivity index (χ4n) is 1.17. The van der Waals surface area contributed by atoms with Crippen LogP contribution >= 0.6 is 0 Å². The zero-order valence-corrected chi connectivity index (χ0v) is 8.02. The SMILES string of the molecule is CC(C)c1cc(N)cc(C(F)(F)F)c1. The highest BCUT2D eigenvalue weighted by Crippen LogP contribution is 2.32. The van der Waals surface area contributed by atoms with E-state index in [-0.39, 0.29) is 11.6 Å². The Balaban J connectivity index is 3.21. The van der Waals surface area contributed by atoms with Crippen molar-refractivity contribution < 1.29 is 13.2 Å². The molecule has 1 nitrogen and oxygen atoms in total. The third-order valence-corrected chi connectivity index (χ3v) is 1.97. The number of halogens is 3. The Morgan fingerprint density at radius 3 is 2.14 bits per heavy atom. The number of nitrogen functional groups attached to an aromatic ring is 1. The van der Waals surface area contributed by atoms with E-state index in [1.54, 1.807) is 6.07 Å². The second-order valence-corrected chi connectivity index (χ2v) is 3.54. The lowest BCUT2D eigenvalue weighted by molar-refractivity contribution is -0.137. The minimum atomic E-state index is -4.32. The first-order valence-electron chi connectivity index (χ1n) is 4.28. The van der Waals surface area contributed by atoms with Gasteiger partial charge in [0.05, 0.1) is 5.56 Å². The Morgan fingerprint density at radius 2 is 1.71 bits per heavy atom. The maximum absolute atomic E-state index is 12.4. The van der Waals surface area contributed by atoms with Gasteiger partial charge in [-0.2, -0.15) is 13.2 Å². The summed E-state index contributed by atoms with van der Waals surface area (Å²) >= 11 is 0. The summed E-state index contributed by atoms with van der Waals surface area (Å²) in [4.78, 5) is 0. The summed E-state index contributed by atoms with van der Waals surface area (Å²) < 4.78 is 37.1. The van der Waals surface area contributed by atoms with Crippen LogP contribution in [0.4, 0.5) is 18.9 Å². The van der Waals surface area contributed by atoms with Gasteiger partial charge in [0, 0.05) is 5.69 Å². The number of alkyl halides is 3. The molecule has 0 aliphatic rings. The molecule has 0 aliphatic heterocycles. The van der Waals surface area contributed by atoms with Gasteiger partial charge in [-0.1, -0.05) is 13.8 Å². The molecule has 0 aromatic heterocycles. The Labute approximate surface area is 80.7 Å². The van der Waals surface area contributed by atoms with Gasteiger partial charge in [-0.25, -0.2) is 0 Å². The van der Waals surface area contributed by atoms with E-state index in [2.05, 4.69) is 0 Å². The van der Waals surface area contributed by atoms with Crippen LogP contribution in [0.15, 0.2) is 18.2 Å². The highest BCUT2D eigenvalue weighted by atomic mass is 19.4. The van der Waals surface area contributed by atoms with E-state index in [1.807, 2.05) is 13.8 Å². The molecule has 2 N–H and O–H groups in total. The first-order valence-corrected chi connectivity index (χ1v) is 4.28. The topological polar surface area (TPSA) is 26.0 Å². The zero-order chi connectivity index (χ0) is 10.9. The summed E-state index contributed by atoms with van der Waals surface area (Å²) in [5, 5.41) is 0. The fourth-order valence-corrected chi connectivity index (χ4v) is 1.17. The first-order chi connectivity index (χ1) is 6.30. The third kappa shape index (κ3) is 2.40. The maximum Gasteiger partial charge on any atom is 0.416 e.